The van der Waals surface area contributed by atoms with Gasteiger partial charge in [0.05, 0.1) is 23.6 Å². The Morgan fingerprint density at radius 3 is 2.37 bits per heavy atom. The summed E-state index contributed by atoms with van der Waals surface area (Å²) >= 11 is 0. The molecule has 4 heterocycles. The fourth-order valence-corrected chi connectivity index (χ4v) is 9.90. The van der Waals surface area contributed by atoms with Crippen LogP contribution in [0.5, 0.6) is 5.75 Å². The summed E-state index contributed by atoms with van der Waals surface area (Å²) in [4.78, 5) is 33.2. The fraction of sp³-hybridized carbons (Fsp3) is 0.556. The minimum atomic E-state index is -3.81. The predicted octanol–water partition coefficient (Wildman–Crippen LogP) is 5.33. The van der Waals surface area contributed by atoms with Crippen molar-refractivity contribution >= 4 is 32.7 Å². The maximum atomic E-state index is 15.2. The number of amides is 2. The molecule has 0 radical (unpaired) electrons. The average Bonchev–Trinajstić information content (AvgIpc) is 3.63. The van der Waals surface area contributed by atoms with Gasteiger partial charge in [0.25, 0.3) is 5.91 Å². The van der Waals surface area contributed by atoms with Crippen molar-refractivity contribution in [3.8, 4) is 17.0 Å². The lowest BCUT2D eigenvalue weighted by molar-refractivity contribution is -0.142. The van der Waals surface area contributed by atoms with E-state index in [1.54, 1.807) is 27.0 Å². The molecule has 46 heavy (non-hydrogen) atoms. The molecule has 9 nitrogen and oxygen atoms in total. The number of nitrogens with one attached hydrogen (secondary N) is 1. The van der Waals surface area contributed by atoms with Gasteiger partial charge in [0.1, 0.15) is 11.3 Å². The molecule has 3 aliphatic heterocycles. The number of likely N-dealkylation sites (tertiary alicyclic amines) is 1. The van der Waals surface area contributed by atoms with E-state index in [0.29, 0.717) is 12.3 Å². The number of piperazine rings is 1. The number of ether oxygens (including phenoxy) is 1. The number of sulfonamides is 1. The zero-order chi connectivity index (χ0) is 32.1. The Bertz CT molecular complexity index is 1860. The van der Waals surface area contributed by atoms with E-state index < -0.39 is 26.7 Å². The van der Waals surface area contributed by atoms with Crippen LogP contribution >= 0.6 is 0 Å². The van der Waals surface area contributed by atoms with Crippen LogP contribution in [0.25, 0.3) is 22.2 Å². The SMILES string of the molecule is COc1ccc2c(c1)C1C[C@@]1(C(=O)N1C3CCC1CN(C)C3)n1c-2c(C2CCCCC2)c2ccc(C(=O)NS(=O)(=O)C(C)C)cc21. The van der Waals surface area contributed by atoms with Crippen molar-refractivity contribution in [1.82, 2.24) is 19.1 Å². The van der Waals surface area contributed by atoms with Gasteiger partial charge in [-0.1, -0.05) is 25.3 Å². The Hall–Kier alpha value is -3.37. The zero-order valence-corrected chi connectivity index (χ0v) is 28.0. The number of nitrogens with zero attached hydrogens (tertiary/aromatic N) is 3. The predicted molar refractivity (Wildman–Crippen MR) is 178 cm³/mol. The number of hydrogen-bond acceptors (Lipinski definition) is 6. The summed E-state index contributed by atoms with van der Waals surface area (Å²) in [6.07, 6.45) is 8.45. The summed E-state index contributed by atoms with van der Waals surface area (Å²) in [5.41, 5.74) is 5.00. The summed E-state index contributed by atoms with van der Waals surface area (Å²) in [7, 11) is 0.0260. The molecular formula is C36H44N4O5S. The first kappa shape index (κ1) is 30.0. The number of likely N-dealkylation sites (N-methyl/N-ethyl adjacent to an activating group) is 1. The lowest BCUT2D eigenvalue weighted by Gasteiger charge is -2.43. The molecule has 4 atom stereocenters. The Kier molecular flexibility index (Phi) is 6.89. The molecule has 2 saturated carbocycles. The van der Waals surface area contributed by atoms with E-state index in [9.17, 15) is 13.2 Å². The summed E-state index contributed by atoms with van der Waals surface area (Å²) in [6, 6.07) is 12.3. The number of carbonyl (C=O) groups excluding carboxylic acids is 2. The topological polar surface area (TPSA) is 101 Å². The van der Waals surface area contributed by atoms with Gasteiger partial charge in [0.2, 0.25) is 15.9 Å². The Morgan fingerprint density at radius 1 is 0.978 bits per heavy atom. The van der Waals surface area contributed by atoms with E-state index in [4.69, 9.17) is 4.74 Å². The van der Waals surface area contributed by atoms with Crippen LogP contribution < -0.4 is 9.46 Å². The number of aromatic nitrogens is 1. The third kappa shape index (κ3) is 4.31. The van der Waals surface area contributed by atoms with Crippen molar-refractivity contribution in [1.29, 1.82) is 0 Å². The van der Waals surface area contributed by atoms with Gasteiger partial charge in [-0.2, -0.15) is 0 Å². The maximum absolute atomic E-state index is 15.2. The van der Waals surface area contributed by atoms with Crippen molar-refractivity contribution < 1.29 is 22.7 Å². The normalized spacial score (nSPS) is 27.3. The fourth-order valence-electron chi connectivity index (χ4n) is 9.28. The Morgan fingerprint density at radius 2 is 1.70 bits per heavy atom. The van der Waals surface area contributed by atoms with Crippen molar-refractivity contribution in [3.05, 3.63) is 53.1 Å². The molecule has 3 aromatic rings. The van der Waals surface area contributed by atoms with Crippen molar-refractivity contribution in [3.63, 3.8) is 0 Å². The number of carbonyl (C=O) groups is 2. The molecule has 4 fully saturated rings. The van der Waals surface area contributed by atoms with Gasteiger partial charge in [0.15, 0.2) is 0 Å². The van der Waals surface area contributed by atoms with E-state index >= 15 is 4.79 Å². The lowest BCUT2D eigenvalue weighted by atomic mass is 9.80. The van der Waals surface area contributed by atoms with E-state index in [-0.39, 0.29) is 29.5 Å². The van der Waals surface area contributed by atoms with Crippen LogP contribution in [0.3, 0.4) is 0 Å². The van der Waals surface area contributed by atoms with Crippen LogP contribution in [-0.4, -0.2) is 79.2 Å². The van der Waals surface area contributed by atoms with Crippen molar-refractivity contribution in [2.24, 2.45) is 0 Å². The van der Waals surface area contributed by atoms with Crippen LogP contribution in [0.2, 0.25) is 0 Å². The maximum Gasteiger partial charge on any atom is 0.264 e. The average molecular weight is 645 g/mol. The molecule has 3 unspecified atom stereocenters. The van der Waals surface area contributed by atoms with E-state index in [1.165, 1.54) is 17.5 Å². The monoisotopic (exact) mass is 644 g/mol. The van der Waals surface area contributed by atoms with Gasteiger partial charge in [0, 0.05) is 47.6 Å². The highest BCUT2D eigenvalue weighted by Crippen LogP contribution is 2.67. The minimum Gasteiger partial charge on any atom is -0.497 e. The molecule has 244 valence electrons. The standard InChI is InChI=1S/C36H44N4O5S/c1-21(2)46(43,44)37-34(41)23-10-14-28-31(16-23)40-33(32(28)22-8-6-5-7-9-22)27-15-13-26(45-4)17-29(27)30-18-36(30,40)35(42)39-24-11-12-25(39)20-38(3)19-24/h10,13-17,21-22,24-25,30H,5-9,11-12,18-20H2,1-4H3,(H,37,41)/t24?,25?,30?,36-/m1/s1. The molecule has 1 aromatic heterocycles. The summed E-state index contributed by atoms with van der Waals surface area (Å²) in [5, 5.41) is 0.327. The molecule has 2 bridgehead atoms. The molecule has 5 aliphatic rings. The number of fused-ring (bicyclic) bond motifs is 10. The summed E-state index contributed by atoms with van der Waals surface area (Å²) in [5.74, 6) is 0.671. The molecule has 2 aliphatic carbocycles. The summed E-state index contributed by atoms with van der Waals surface area (Å²) in [6.45, 7) is 4.88. The number of hydrogen-bond donors (Lipinski definition) is 1. The molecular weight excluding hydrogens is 600 g/mol. The molecule has 2 saturated heterocycles. The van der Waals surface area contributed by atoms with Crippen LogP contribution in [0.15, 0.2) is 36.4 Å². The second-order valence-corrected chi connectivity index (χ2v) is 16.9. The smallest absolute Gasteiger partial charge is 0.264 e. The van der Waals surface area contributed by atoms with Crippen LogP contribution in [0.4, 0.5) is 0 Å². The molecule has 2 amide bonds. The highest BCUT2D eigenvalue weighted by atomic mass is 32.2. The molecule has 1 N–H and O–H groups in total. The van der Waals surface area contributed by atoms with Crippen LogP contribution in [0, 0.1) is 0 Å². The molecule has 0 spiro atoms. The molecule has 10 heteroatoms. The van der Waals surface area contributed by atoms with E-state index in [0.717, 1.165) is 79.5 Å². The lowest BCUT2D eigenvalue weighted by Crippen LogP contribution is -2.58. The van der Waals surface area contributed by atoms with E-state index in [1.807, 2.05) is 18.2 Å². The van der Waals surface area contributed by atoms with E-state index in [2.05, 4.69) is 38.3 Å². The highest BCUT2D eigenvalue weighted by Gasteiger charge is 2.68. The Balaban J connectivity index is 1.37. The van der Waals surface area contributed by atoms with Crippen molar-refractivity contribution in [2.75, 3.05) is 27.2 Å². The van der Waals surface area contributed by atoms with Gasteiger partial charge in [-0.25, -0.2) is 13.1 Å². The minimum absolute atomic E-state index is 0.00902. The first-order valence-electron chi connectivity index (χ1n) is 17.0. The second-order valence-electron chi connectivity index (χ2n) is 14.6. The third-order valence-electron chi connectivity index (χ3n) is 11.6. The second kappa shape index (κ2) is 10.6. The largest absolute Gasteiger partial charge is 0.497 e. The number of benzene rings is 2. The number of rotatable bonds is 6. The quantitative estimate of drug-likeness (QED) is 0.389. The third-order valence-corrected chi connectivity index (χ3v) is 13.3. The number of methoxy groups -OCH3 is 1. The van der Waals surface area contributed by atoms with Crippen molar-refractivity contribution in [2.45, 2.75) is 99.9 Å². The van der Waals surface area contributed by atoms with Gasteiger partial charge >= 0.3 is 0 Å². The first-order chi connectivity index (χ1) is 22.0. The Labute approximate surface area is 271 Å². The van der Waals surface area contributed by atoms with Crippen LogP contribution in [-0.2, 0) is 20.4 Å². The molecule has 2 aromatic carbocycles. The van der Waals surface area contributed by atoms with Gasteiger partial charge in [-0.05, 0) is 100 Å². The van der Waals surface area contributed by atoms with Gasteiger partial charge < -0.3 is 19.1 Å². The summed E-state index contributed by atoms with van der Waals surface area (Å²) < 4.78 is 35.6. The van der Waals surface area contributed by atoms with Gasteiger partial charge in [-0.3, -0.25) is 9.59 Å². The van der Waals surface area contributed by atoms with Crippen LogP contribution in [0.1, 0.15) is 98.5 Å². The zero-order valence-electron chi connectivity index (χ0n) is 27.2. The van der Waals surface area contributed by atoms with Gasteiger partial charge in [-0.15, -0.1) is 0 Å². The highest BCUT2D eigenvalue weighted by molar-refractivity contribution is 7.90. The molecule has 8 rings (SSSR count). The first-order valence-corrected chi connectivity index (χ1v) is 18.5.